The molecular weight excluding hydrogens is 382 g/mol. The summed E-state index contributed by atoms with van der Waals surface area (Å²) in [5, 5.41) is 4.54. The van der Waals surface area contributed by atoms with Gasteiger partial charge in [-0.25, -0.2) is 0 Å². The number of ether oxygens (including phenoxy) is 2. The summed E-state index contributed by atoms with van der Waals surface area (Å²) in [5.74, 6) is 2.08. The molecule has 1 fully saturated rings. The van der Waals surface area contributed by atoms with Crippen molar-refractivity contribution < 1.29 is 18.8 Å². The Hall–Kier alpha value is -3.06. The van der Waals surface area contributed by atoms with Crippen molar-refractivity contribution in [1.29, 1.82) is 0 Å². The third-order valence-corrected chi connectivity index (χ3v) is 5.01. The molecule has 0 radical (unpaired) electrons. The minimum atomic E-state index is -0.149. The second-order valence-corrected chi connectivity index (χ2v) is 6.82. The van der Waals surface area contributed by atoms with Gasteiger partial charge in [0.1, 0.15) is 11.5 Å². The van der Waals surface area contributed by atoms with Crippen molar-refractivity contribution in [3.63, 3.8) is 0 Å². The lowest BCUT2D eigenvalue weighted by Crippen LogP contribution is -2.24. The first-order chi connectivity index (χ1) is 13.6. The number of amides is 1. The van der Waals surface area contributed by atoms with Gasteiger partial charge in [0, 0.05) is 30.1 Å². The van der Waals surface area contributed by atoms with Gasteiger partial charge >= 0.3 is 0 Å². The highest BCUT2D eigenvalue weighted by atomic mass is 35.5. The van der Waals surface area contributed by atoms with Crippen LogP contribution in [-0.4, -0.2) is 36.8 Å². The van der Waals surface area contributed by atoms with Gasteiger partial charge in [0.25, 0.3) is 5.89 Å². The smallest absolute Gasteiger partial charge is 0.257 e. The molecule has 1 aliphatic heterocycles. The predicted octanol–water partition coefficient (Wildman–Crippen LogP) is 3.93. The molecule has 1 atom stereocenters. The van der Waals surface area contributed by atoms with Gasteiger partial charge in [-0.1, -0.05) is 16.8 Å². The van der Waals surface area contributed by atoms with Crippen LogP contribution in [0.4, 0.5) is 5.69 Å². The molecule has 2 heterocycles. The zero-order chi connectivity index (χ0) is 19.7. The van der Waals surface area contributed by atoms with Crippen LogP contribution in [0.2, 0.25) is 5.02 Å². The fraction of sp³-hybridized carbons (Fsp3) is 0.250. The van der Waals surface area contributed by atoms with Crippen LogP contribution in [0.3, 0.4) is 0 Å². The molecule has 0 saturated carbocycles. The first-order valence-corrected chi connectivity index (χ1v) is 9.08. The largest absolute Gasteiger partial charge is 0.497 e. The first kappa shape index (κ1) is 18.3. The summed E-state index contributed by atoms with van der Waals surface area (Å²) in [6.45, 7) is 0.461. The van der Waals surface area contributed by atoms with Crippen molar-refractivity contribution in [3.05, 3.63) is 53.3 Å². The maximum absolute atomic E-state index is 12.5. The lowest BCUT2D eigenvalue weighted by Gasteiger charge is -2.17. The third kappa shape index (κ3) is 3.41. The van der Waals surface area contributed by atoms with Gasteiger partial charge in [0.2, 0.25) is 5.91 Å². The van der Waals surface area contributed by atoms with E-state index < -0.39 is 0 Å². The lowest BCUT2D eigenvalue weighted by atomic mass is 10.1. The molecule has 1 aromatic heterocycles. The van der Waals surface area contributed by atoms with Crippen LogP contribution in [0.15, 0.2) is 47.0 Å². The van der Waals surface area contributed by atoms with Crippen LogP contribution in [-0.2, 0) is 4.79 Å². The quantitative estimate of drug-likeness (QED) is 0.647. The predicted molar refractivity (Wildman–Crippen MR) is 104 cm³/mol. The minimum Gasteiger partial charge on any atom is -0.497 e. The number of rotatable bonds is 5. The Balaban J connectivity index is 1.52. The molecule has 8 heteroatoms. The van der Waals surface area contributed by atoms with E-state index >= 15 is 0 Å². The molecule has 4 rings (SSSR count). The number of halogens is 1. The molecule has 0 N–H and O–H groups in total. The summed E-state index contributed by atoms with van der Waals surface area (Å²) in [7, 11) is 3.16. The Kier molecular flexibility index (Phi) is 4.92. The van der Waals surface area contributed by atoms with Gasteiger partial charge in [-0.05, 0) is 42.5 Å². The number of nitrogens with zero attached hydrogens (tertiary/aromatic N) is 3. The van der Waals surface area contributed by atoms with E-state index in [2.05, 4.69) is 10.1 Å². The summed E-state index contributed by atoms with van der Waals surface area (Å²) in [6.07, 6.45) is 0.311. The van der Waals surface area contributed by atoms with Crippen molar-refractivity contribution in [2.45, 2.75) is 12.3 Å². The van der Waals surface area contributed by atoms with E-state index in [1.165, 1.54) is 0 Å². The highest BCUT2D eigenvalue weighted by Crippen LogP contribution is 2.35. The number of hydrogen-bond donors (Lipinski definition) is 0. The second-order valence-electron chi connectivity index (χ2n) is 6.41. The van der Waals surface area contributed by atoms with Gasteiger partial charge in [-0.15, -0.1) is 0 Å². The fourth-order valence-electron chi connectivity index (χ4n) is 3.20. The Morgan fingerprint density at radius 2 is 1.93 bits per heavy atom. The topological polar surface area (TPSA) is 77.7 Å². The molecule has 3 aromatic rings. The normalized spacial score (nSPS) is 16.5. The van der Waals surface area contributed by atoms with Crippen molar-refractivity contribution in [2.75, 3.05) is 25.7 Å². The van der Waals surface area contributed by atoms with Gasteiger partial charge in [0.05, 0.1) is 19.2 Å². The van der Waals surface area contributed by atoms with E-state index in [9.17, 15) is 4.79 Å². The Morgan fingerprint density at radius 3 is 2.61 bits per heavy atom. The number of carbonyl (C=O) groups excluding carboxylic acids is 1. The Labute approximate surface area is 166 Å². The number of benzene rings is 2. The maximum atomic E-state index is 12.5. The average molecular weight is 400 g/mol. The van der Waals surface area contributed by atoms with Gasteiger partial charge in [-0.2, -0.15) is 4.98 Å². The monoisotopic (exact) mass is 399 g/mol. The van der Waals surface area contributed by atoms with Crippen LogP contribution >= 0.6 is 11.6 Å². The third-order valence-electron chi connectivity index (χ3n) is 4.72. The average Bonchev–Trinajstić information content (AvgIpc) is 3.35. The fourth-order valence-corrected chi connectivity index (χ4v) is 3.46. The number of hydrogen-bond acceptors (Lipinski definition) is 6. The summed E-state index contributed by atoms with van der Waals surface area (Å²) in [4.78, 5) is 18.7. The Bertz CT molecular complexity index is 1000. The molecule has 1 aliphatic rings. The molecule has 7 nitrogen and oxygen atoms in total. The van der Waals surface area contributed by atoms with E-state index in [1.807, 2.05) is 30.3 Å². The minimum absolute atomic E-state index is 0.0120. The Morgan fingerprint density at radius 1 is 1.14 bits per heavy atom. The highest BCUT2D eigenvalue weighted by molar-refractivity contribution is 6.32. The summed E-state index contributed by atoms with van der Waals surface area (Å²) >= 11 is 6.19. The van der Waals surface area contributed by atoms with E-state index in [1.54, 1.807) is 31.3 Å². The molecule has 1 unspecified atom stereocenters. The zero-order valence-corrected chi connectivity index (χ0v) is 16.1. The number of methoxy groups -OCH3 is 2. The van der Waals surface area contributed by atoms with Crippen molar-refractivity contribution in [3.8, 4) is 23.0 Å². The standard InChI is InChI=1S/C20H18ClN3O4/c1-26-15-6-3-12(4-7-15)20-22-19(23-28-20)13-9-18(25)24(11-13)14-5-8-17(27-2)16(21)10-14/h3-8,10,13H,9,11H2,1-2H3. The van der Waals surface area contributed by atoms with Gasteiger partial charge in [-0.3, -0.25) is 4.79 Å². The lowest BCUT2D eigenvalue weighted by molar-refractivity contribution is -0.117. The molecule has 28 heavy (non-hydrogen) atoms. The van der Waals surface area contributed by atoms with Crippen LogP contribution < -0.4 is 14.4 Å². The molecule has 0 spiro atoms. The van der Waals surface area contributed by atoms with Crippen LogP contribution in [0.25, 0.3) is 11.5 Å². The molecule has 1 saturated heterocycles. The SMILES string of the molecule is COc1ccc(-c2nc(C3CC(=O)N(c4ccc(OC)c(Cl)c4)C3)no2)cc1. The number of carbonyl (C=O) groups is 1. The molecular formula is C20H18ClN3O4. The number of aromatic nitrogens is 2. The molecule has 0 aliphatic carbocycles. The summed E-state index contributed by atoms with van der Waals surface area (Å²) in [5.41, 5.74) is 1.51. The van der Waals surface area contributed by atoms with Crippen LogP contribution in [0, 0.1) is 0 Å². The van der Waals surface area contributed by atoms with Crippen LogP contribution in [0.5, 0.6) is 11.5 Å². The highest BCUT2D eigenvalue weighted by Gasteiger charge is 2.35. The van der Waals surface area contributed by atoms with Gasteiger partial charge < -0.3 is 18.9 Å². The summed E-state index contributed by atoms with van der Waals surface area (Å²) < 4.78 is 15.7. The molecule has 144 valence electrons. The van der Waals surface area contributed by atoms with E-state index in [-0.39, 0.29) is 11.8 Å². The van der Waals surface area contributed by atoms with Crippen LogP contribution in [0.1, 0.15) is 18.2 Å². The molecule has 0 bridgehead atoms. The van der Waals surface area contributed by atoms with Crippen molar-refractivity contribution in [1.82, 2.24) is 10.1 Å². The second kappa shape index (κ2) is 7.52. The van der Waals surface area contributed by atoms with E-state index in [0.29, 0.717) is 35.5 Å². The number of anilines is 1. The van der Waals surface area contributed by atoms with Crippen molar-refractivity contribution >= 4 is 23.2 Å². The van der Waals surface area contributed by atoms with E-state index in [0.717, 1.165) is 17.0 Å². The molecule has 2 aromatic carbocycles. The van der Waals surface area contributed by atoms with Crippen molar-refractivity contribution in [2.24, 2.45) is 0 Å². The zero-order valence-electron chi connectivity index (χ0n) is 15.4. The van der Waals surface area contributed by atoms with Gasteiger partial charge in [0.15, 0.2) is 5.82 Å². The molecule has 1 amide bonds. The first-order valence-electron chi connectivity index (χ1n) is 8.71. The van der Waals surface area contributed by atoms with E-state index in [4.69, 9.17) is 25.6 Å². The maximum Gasteiger partial charge on any atom is 0.257 e. The summed E-state index contributed by atoms with van der Waals surface area (Å²) in [6, 6.07) is 12.6.